The van der Waals surface area contributed by atoms with Crippen LogP contribution in [0.5, 0.6) is 0 Å². The van der Waals surface area contributed by atoms with Gasteiger partial charge < -0.3 is 0 Å². The second-order valence-corrected chi connectivity index (χ2v) is 14.9. The third-order valence-electron chi connectivity index (χ3n) is 0.640. The van der Waals surface area contributed by atoms with Crippen molar-refractivity contribution in [2.24, 2.45) is 0 Å². The van der Waals surface area contributed by atoms with Crippen molar-refractivity contribution in [1.29, 1.82) is 0 Å². The topological polar surface area (TPSA) is 17.1 Å². The van der Waals surface area contributed by atoms with Crippen LogP contribution in [0.2, 0.25) is 0 Å². The first kappa shape index (κ1) is 4.65. The minimum absolute atomic E-state index is 0.236. The molecule has 1 radical (unpaired) electrons. The Balaban J connectivity index is 2.57. The monoisotopic (exact) mass is 203 g/mol. The van der Waals surface area contributed by atoms with E-state index >= 15 is 0 Å². The Morgan fingerprint density at radius 1 is 1.83 bits per heavy atom. The van der Waals surface area contributed by atoms with Gasteiger partial charge in [0.1, 0.15) is 0 Å². The molecule has 1 nitrogen and oxygen atoms in total. The summed E-state index contributed by atoms with van der Waals surface area (Å²) in [4.78, 5) is 14.2. The molecule has 0 atom stereocenters. The van der Waals surface area contributed by atoms with Gasteiger partial charge >= 0.3 is 44.5 Å². The van der Waals surface area contributed by atoms with Crippen molar-refractivity contribution >= 4 is 29.9 Å². The van der Waals surface area contributed by atoms with Crippen LogP contribution >= 0.6 is 0 Å². The number of hydrogen-bond acceptors (Lipinski definition) is 1. The van der Waals surface area contributed by atoms with Crippen LogP contribution < -0.4 is 0 Å². The fraction of sp³-hybridized carbons (Fsp3) is 0. The average Bonchev–Trinajstić information content (AvgIpc) is 1.31. The zero-order chi connectivity index (χ0) is 4.41. The van der Waals surface area contributed by atoms with E-state index in [2.05, 4.69) is 9.82 Å². The molecule has 1 rings (SSSR count). The first-order valence-electron chi connectivity index (χ1n) is 1.69. The molecular formula is C3H3Ge2O. The van der Waals surface area contributed by atoms with Crippen molar-refractivity contribution in [3.05, 3.63) is 9.82 Å². The molecule has 0 bridgehead atoms. The van der Waals surface area contributed by atoms with E-state index in [9.17, 15) is 4.79 Å². The van der Waals surface area contributed by atoms with Crippen molar-refractivity contribution < 1.29 is 4.79 Å². The summed E-state index contributed by atoms with van der Waals surface area (Å²) in [7, 11) is 0. The molecule has 0 saturated carbocycles. The van der Waals surface area contributed by atoms with E-state index in [1.165, 1.54) is 5.12 Å². The van der Waals surface area contributed by atoms with Gasteiger partial charge in [0.2, 0.25) is 0 Å². The number of rotatable bonds is 1. The molecule has 0 unspecified atom stereocenters. The van der Waals surface area contributed by atoms with E-state index in [1.54, 1.807) is 0 Å². The van der Waals surface area contributed by atoms with Gasteiger partial charge in [0, 0.05) is 0 Å². The molecule has 29 valence electrons. The van der Waals surface area contributed by atoms with Gasteiger partial charge in [-0.25, -0.2) is 0 Å². The van der Waals surface area contributed by atoms with Crippen LogP contribution in [-0.2, 0) is 4.79 Å². The van der Waals surface area contributed by atoms with Gasteiger partial charge in [0.05, 0.1) is 0 Å². The molecule has 3 heteroatoms. The summed E-state index contributed by atoms with van der Waals surface area (Å²) < 4.78 is 0. The molecule has 0 spiro atoms. The zero-order valence-corrected chi connectivity index (χ0v) is 7.34. The van der Waals surface area contributed by atoms with Crippen molar-refractivity contribution in [3.63, 3.8) is 0 Å². The van der Waals surface area contributed by atoms with Crippen molar-refractivity contribution in [1.82, 2.24) is 0 Å². The van der Waals surface area contributed by atoms with Crippen molar-refractivity contribution in [2.45, 2.75) is 0 Å². The first-order valence-corrected chi connectivity index (χ1v) is 11.8. The molecule has 0 aromatic rings. The summed E-state index contributed by atoms with van der Waals surface area (Å²) in [5.74, 6) is 0. The van der Waals surface area contributed by atoms with Crippen LogP contribution in [0.25, 0.3) is 0 Å². The molecule has 1 heterocycles. The molecule has 0 aromatic heterocycles. The summed E-state index contributed by atoms with van der Waals surface area (Å²) in [5.41, 5.74) is 0. The Morgan fingerprint density at radius 3 is 2.50 bits per heavy atom. The molecule has 6 heavy (non-hydrogen) atoms. The van der Waals surface area contributed by atoms with Crippen LogP contribution in [0.4, 0.5) is 0 Å². The summed E-state index contributed by atoms with van der Waals surface area (Å²) in [6.45, 7) is 0. The summed E-state index contributed by atoms with van der Waals surface area (Å²) >= 11 is -0.699. The maximum absolute atomic E-state index is 9.84. The van der Waals surface area contributed by atoms with Gasteiger partial charge in [0.25, 0.3) is 0 Å². The average molecular weight is 200 g/mol. The van der Waals surface area contributed by atoms with Gasteiger partial charge in [-0.15, -0.1) is 0 Å². The quantitative estimate of drug-likeness (QED) is 0.413. The first-order chi connectivity index (χ1) is 2.93. The zero-order valence-electron chi connectivity index (χ0n) is 3.14. The third kappa shape index (κ3) is 0.761. The molecular weight excluding hydrogens is 197 g/mol. The van der Waals surface area contributed by atoms with Crippen molar-refractivity contribution in [2.75, 3.05) is 0 Å². The summed E-state index contributed by atoms with van der Waals surface area (Å²) in [6, 6.07) is 0. The fourth-order valence-electron chi connectivity index (χ4n) is 0.253. The molecule has 0 saturated heterocycles. The molecule has 0 aromatic carbocycles. The predicted octanol–water partition coefficient (Wildman–Crippen LogP) is -0.480. The molecule has 0 fully saturated rings. The maximum atomic E-state index is 9.84. The standard InChI is InChI=1S/C3H3Ge2O/c6-3-5-2-1-4-5/h1-3H. The van der Waals surface area contributed by atoms with Gasteiger partial charge in [0.15, 0.2) is 0 Å². The SMILES string of the molecule is O=[CH][Ge]1=[Ge][CH]=[CH]1. The second kappa shape index (κ2) is 1.98. The van der Waals surface area contributed by atoms with Crippen LogP contribution in [0.1, 0.15) is 0 Å². The summed E-state index contributed by atoms with van der Waals surface area (Å²) in [6.07, 6.45) is 0. The van der Waals surface area contributed by atoms with E-state index in [0.717, 1.165) is 0 Å². The van der Waals surface area contributed by atoms with E-state index in [4.69, 9.17) is 0 Å². The minimum atomic E-state index is -0.935. The van der Waals surface area contributed by atoms with E-state index in [0.29, 0.717) is 0 Å². The molecule has 0 amide bonds. The Hall–Kier alpha value is 0.496. The molecule has 0 aliphatic carbocycles. The van der Waals surface area contributed by atoms with E-state index in [-0.39, 0.29) is 12.9 Å². The molecule has 1 aliphatic rings. The van der Waals surface area contributed by atoms with Crippen LogP contribution in [-0.4, -0.2) is 29.9 Å². The fourth-order valence-corrected chi connectivity index (χ4v) is 5.97. The van der Waals surface area contributed by atoms with Gasteiger partial charge in [-0.05, 0) is 0 Å². The van der Waals surface area contributed by atoms with Gasteiger partial charge in [-0.2, -0.15) is 0 Å². The number of carbonyl (C=O) groups excluding carboxylic acids is 1. The Kier molecular flexibility index (Phi) is 1.53. The predicted molar refractivity (Wildman–Crippen MR) is 27.4 cm³/mol. The van der Waals surface area contributed by atoms with Gasteiger partial charge in [-0.1, -0.05) is 0 Å². The van der Waals surface area contributed by atoms with E-state index in [1.807, 2.05) is 0 Å². The molecule has 1 aliphatic heterocycles. The van der Waals surface area contributed by atoms with E-state index < -0.39 is 11.8 Å². The third-order valence-corrected chi connectivity index (χ3v) is 13.7. The summed E-state index contributed by atoms with van der Waals surface area (Å²) in [5, 5.41) is 1.19. The Bertz CT molecular complexity index is 121. The molecule has 0 N–H and O–H groups in total. The Morgan fingerprint density at radius 2 is 2.50 bits per heavy atom. The number of carbonyl (C=O) groups is 1. The van der Waals surface area contributed by atoms with Crippen LogP contribution in [0.3, 0.4) is 0 Å². The Labute approximate surface area is 44.7 Å². The number of hydrogen-bond donors (Lipinski definition) is 0. The van der Waals surface area contributed by atoms with Crippen LogP contribution in [0.15, 0.2) is 9.82 Å². The van der Waals surface area contributed by atoms with Crippen LogP contribution in [0, 0.1) is 0 Å². The second-order valence-electron chi connectivity index (χ2n) is 1.05. The van der Waals surface area contributed by atoms with Gasteiger partial charge in [-0.3, -0.25) is 0 Å². The normalized spacial score (nSPS) is 15.7. The van der Waals surface area contributed by atoms with Crippen molar-refractivity contribution in [3.8, 4) is 0 Å².